The van der Waals surface area contributed by atoms with E-state index in [0.717, 1.165) is 35.6 Å². The van der Waals surface area contributed by atoms with Crippen LogP contribution in [0.2, 0.25) is 0 Å². The second kappa shape index (κ2) is 9.17. The highest BCUT2D eigenvalue weighted by Gasteiger charge is 2.31. The summed E-state index contributed by atoms with van der Waals surface area (Å²) in [6.45, 7) is 7.21. The summed E-state index contributed by atoms with van der Waals surface area (Å²) in [5.74, 6) is 0.723. The number of fused-ring (bicyclic) bond motifs is 1. The van der Waals surface area contributed by atoms with Crippen LogP contribution < -0.4 is 10.2 Å². The van der Waals surface area contributed by atoms with Crippen LogP contribution in [0, 0.1) is 0 Å². The molecule has 2 amide bonds. The molecule has 9 nitrogen and oxygen atoms in total. The Morgan fingerprint density at radius 3 is 2.60 bits per heavy atom. The summed E-state index contributed by atoms with van der Waals surface area (Å²) >= 11 is 0. The highest BCUT2D eigenvalue weighted by molar-refractivity contribution is 6.05. The van der Waals surface area contributed by atoms with Gasteiger partial charge in [0.25, 0.3) is 5.91 Å². The quantitative estimate of drug-likeness (QED) is 0.472. The van der Waals surface area contributed by atoms with Crippen LogP contribution in [0.3, 0.4) is 0 Å². The number of nitrogens with zero attached hydrogens (tertiary/aromatic N) is 5. The predicted molar refractivity (Wildman–Crippen MR) is 135 cm³/mol. The van der Waals surface area contributed by atoms with Crippen molar-refractivity contribution in [3.63, 3.8) is 0 Å². The van der Waals surface area contributed by atoms with E-state index in [9.17, 15) is 9.59 Å². The van der Waals surface area contributed by atoms with Crippen molar-refractivity contribution in [1.29, 1.82) is 0 Å². The van der Waals surface area contributed by atoms with E-state index in [4.69, 9.17) is 4.98 Å². The highest BCUT2D eigenvalue weighted by atomic mass is 16.2. The van der Waals surface area contributed by atoms with Crippen LogP contribution in [-0.2, 0) is 4.79 Å². The van der Waals surface area contributed by atoms with Gasteiger partial charge in [0.1, 0.15) is 11.5 Å². The van der Waals surface area contributed by atoms with E-state index in [2.05, 4.69) is 39.0 Å². The molecule has 0 spiro atoms. The smallest absolute Gasteiger partial charge is 0.257 e. The zero-order valence-electron chi connectivity index (χ0n) is 19.9. The van der Waals surface area contributed by atoms with Crippen molar-refractivity contribution in [1.82, 2.24) is 24.8 Å². The van der Waals surface area contributed by atoms with Gasteiger partial charge < -0.3 is 20.1 Å². The van der Waals surface area contributed by atoms with Crippen molar-refractivity contribution < 1.29 is 9.59 Å². The third-order valence-electron chi connectivity index (χ3n) is 6.33. The average molecular weight is 470 g/mol. The summed E-state index contributed by atoms with van der Waals surface area (Å²) in [6, 6.07) is 11.5. The van der Waals surface area contributed by atoms with Crippen LogP contribution in [0.1, 0.15) is 31.1 Å². The van der Waals surface area contributed by atoms with E-state index in [0.29, 0.717) is 16.9 Å². The number of pyridine rings is 3. The molecule has 1 saturated heterocycles. The topological polar surface area (TPSA) is 107 Å². The summed E-state index contributed by atoms with van der Waals surface area (Å²) in [4.78, 5) is 45.4. The maximum absolute atomic E-state index is 12.6. The largest absolute Gasteiger partial charge is 0.352 e. The lowest BCUT2D eigenvalue weighted by molar-refractivity contribution is -0.133. The maximum Gasteiger partial charge on any atom is 0.257 e. The number of carbonyl (C=O) groups excluding carboxylic acids is 2. The average Bonchev–Trinajstić information content (AvgIpc) is 3.27. The van der Waals surface area contributed by atoms with Gasteiger partial charge in [0.05, 0.1) is 23.1 Å². The first-order valence-corrected chi connectivity index (χ1v) is 11.6. The molecule has 0 unspecified atom stereocenters. The van der Waals surface area contributed by atoms with Gasteiger partial charge in [-0.3, -0.25) is 14.6 Å². The first kappa shape index (κ1) is 22.5. The molecule has 0 aliphatic carbocycles. The lowest BCUT2D eigenvalue weighted by Gasteiger charge is -2.44. The highest BCUT2D eigenvalue weighted by Crippen LogP contribution is 2.30. The minimum Gasteiger partial charge on any atom is -0.352 e. The fourth-order valence-electron chi connectivity index (χ4n) is 4.86. The molecule has 0 aromatic carbocycles. The van der Waals surface area contributed by atoms with E-state index in [1.165, 1.54) is 6.20 Å². The molecule has 0 radical (unpaired) electrons. The predicted octanol–water partition coefficient (Wildman–Crippen LogP) is 3.72. The fourth-order valence-corrected chi connectivity index (χ4v) is 4.86. The Bertz CT molecular complexity index is 1370. The van der Waals surface area contributed by atoms with Crippen molar-refractivity contribution in [3.05, 3.63) is 66.7 Å². The maximum atomic E-state index is 12.6. The summed E-state index contributed by atoms with van der Waals surface area (Å²) in [5, 5.41) is 3.75. The molecule has 1 fully saturated rings. The van der Waals surface area contributed by atoms with E-state index in [-0.39, 0.29) is 23.9 Å². The summed E-state index contributed by atoms with van der Waals surface area (Å²) < 4.78 is 0. The van der Waals surface area contributed by atoms with E-state index in [1.54, 1.807) is 31.5 Å². The van der Waals surface area contributed by atoms with Crippen LogP contribution in [-0.4, -0.2) is 61.8 Å². The molecule has 0 saturated carbocycles. The SMILES string of the molecule is CC(=O)N1[C@H](C)CN(c2cccc(-c3c[nH]c4ncc(NC(=O)c5cccnc5)cc34)n2)C[C@@H]1C. The fraction of sp³-hybridized carbons (Fsp3) is 0.269. The number of nitrogens with one attached hydrogen (secondary N) is 2. The number of rotatable bonds is 4. The molecule has 4 aromatic rings. The zero-order chi connectivity index (χ0) is 24.5. The first-order chi connectivity index (χ1) is 16.9. The summed E-state index contributed by atoms with van der Waals surface area (Å²) in [6.07, 6.45) is 6.66. The van der Waals surface area contributed by atoms with Crippen molar-refractivity contribution in [2.24, 2.45) is 0 Å². The van der Waals surface area contributed by atoms with Crippen LogP contribution >= 0.6 is 0 Å². The standard InChI is InChI=1S/C26H27N7O2/c1-16-14-32(15-17(2)33(16)18(3)34)24-8-4-7-23(31-24)22-13-29-25-21(22)10-20(12-28-25)30-26(35)19-6-5-9-27-11-19/h4-13,16-17H,14-15H2,1-3H3,(H,28,29)(H,30,35)/t16-,17+. The zero-order valence-corrected chi connectivity index (χ0v) is 19.9. The lowest BCUT2D eigenvalue weighted by atomic mass is 10.1. The molecule has 5 rings (SSSR count). The Morgan fingerprint density at radius 1 is 1.09 bits per heavy atom. The Morgan fingerprint density at radius 2 is 1.89 bits per heavy atom. The third-order valence-corrected chi connectivity index (χ3v) is 6.33. The van der Waals surface area contributed by atoms with E-state index < -0.39 is 0 Å². The molecule has 2 N–H and O–H groups in total. The monoisotopic (exact) mass is 469 g/mol. The minimum atomic E-state index is -0.246. The number of piperazine rings is 1. The number of amides is 2. The van der Waals surface area contributed by atoms with Gasteiger partial charge in [-0.25, -0.2) is 9.97 Å². The van der Waals surface area contributed by atoms with Crippen LogP contribution in [0.4, 0.5) is 11.5 Å². The Balaban J connectivity index is 1.42. The second-order valence-corrected chi connectivity index (χ2v) is 8.93. The molecule has 5 heterocycles. The molecule has 4 aromatic heterocycles. The molecular weight excluding hydrogens is 442 g/mol. The summed E-state index contributed by atoms with van der Waals surface area (Å²) in [7, 11) is 0. The van der Waals surface area contributed by atoms with Crippen LogP contribution in [0.25, 0.3) is 22.3 Å². The Hall–Kier alpha value is -4.27. The normalized spacial score (nSPS) is 18.0. The van der Waals surface area contributed by atoms with E-state index >= 15 is 0 Å². The van der Waals surface area contributed by atoms with Crippen molar-refractivity contribution in [2.45, 2.75) is 32.9 Å². The molecule has 1 aliphatic rings. The van der Waals surface area contributed by atoms with Gasteiger partial charge in [-0.05, 0) is 44.2 Å². The number of carbonyl (C=O) groups is 2. The number of hydrogen-bond donors (Lipinski definition) is 2. The molecule has 35 heavy (non-hydrogen) atoms. The molecule has 0 bridgehead atoms. The van der Waals surface area contributed by atoms with Gasteiger partial charge in [0.15, 0.2) is 0 Å². The van der Waals surface area contributed by atoms with Crippen LogP contribution in [0.15, 0.2) is 61.2 Å². The lowest BCUT2D eigenvalue weighted by Crippen LogP contribution is -2.58. The van der Waals surface area contributed by atoms with Gasteiger partial charge in [-0.15, -0.1) is 0 Å². The summed E-state index contributed by atoms with van der Waals surface area (Å²) in [5.41, 5.74) is 3.48. The Labute approximate surface area is 203 Å². The molecular formula is C26H27N7O2. The molecule has 1 aliphatic heterocycles. The van der Waals surface area contributed by atoms with Crippen molar-refractivity contribution in [3.8, 4) is 11.3 Å². The molecule has 2 atom stereocenters. The Kier molecular flexibility index (Phi) is 5.90. The number of hydrogen-bond acceptors (Lipinski definition) is 6. The third kappa shape index (κ3) is 4.44. The van der Waals surface area contributed by atoms with Crippen molar-refractivity contribution >= 4 is 34.4 Å². The number of anilines is 2. The molecule has 178 valence electrons. The van der Waals surface area contributed by atoms with Gasteiger partial charge >= 0.3 is 0 Å². The second-order valence-electron chi connectivity index (χ2n) is 8.93. The van der Waals surface area contributed by atoms with Gasteiger partial charge in [-0.1, -0.05) is 6.07 Å². The van der Waals surface area contributed by atoms with Gasteiger partial charge in [0.2, 0.25) is 5.91 Å². The number of aromatic amines is 1. The molecule has 9 heteroatoms. The number of aromatic nitrogens is 4. The minimum absolute atomic E-state index is 0.101. The van der Waals surface area contributed by atoms with Gasteiger partial charge in [-0.2, -0.15) is 0 Å². The van der Waals surface area contributed by atoms with E-state index in [1.807, 2.05) is 35.4 Å². The van der Waals surface area contributed by atoms with Crippen molar-refractivity contribution in [2.75, 3.05) is 23.3 Å². The first-order valence-electron chi connectivity index (χ1n) is 11.6. The van der Waals surface area contributed by atoms with Crippen LogP contribution in [0.5, 0.6) is 0 Å². The number of H-pyrrole nitrogens is 1. The van der Waals surface area contributed by atoms with Gasteiger partial charge in [0, 0.05) is 61.6 Å².